The molecule has 6 heteroatoms. The molecule has 0 spiro atoms. The fourth-order valence-corrected chi connectivity index (χ4v) is 4.31. The highest BCUT2D eigenvalue weighted by molar-refractivity contribution is 5.79. The Hall–Kier alpha value is -1.92. The van der Waals surface area contributed by atoms with Crippen molar-refractivity contribution in [2.24, 2.45) is 0 Å². The number of benzene rings is 1. The fraction of sp³-hybridized carbons (Fsp3) is 0.600. The Morgan fingerprint density at radius 1 is 1.19 bits per heavy atom. The molecule has 2 bridgehead atoms. The van der Waals surface area contributed by atoms with E-state index in [-0.39, 0.29) is 31.1 Å². The highest BCUT2D eigenvalue weighted by atomic mass is 16.6. The third kappa shape index (κ3) is 3.23. The van der Waals surface area contributed by atoms with Crippen LogP contribution in [0.4, 0.5) is 0 Å². The Bertz CT molecular complexity index is 660. The van der Waals surface area contributed by atoms with E-state index in [0.717, 1.165) is 18.4 Å². The topological polar surface area (TPSA) is 68.4 Å². The van der Waals surface area contributed by atoms with Crippen LogP contribution in [0.2, 0.25) is 0 Å². The first kappa shape index (κ1) is 17.5. The first-order chi connectivity index (χ1) is 12.6. The Balaban J connectivity index is 1.42. The van der Waals surface area contributed by atoms with Crippen LogP contribution in [0.5, 0.6) is 0 Å². The van der Waals surface area contributed by atoms with E-state index in [2.05, 4.69) is 11.9 Å². The summed E-state index contributed by atoms with van der Waals surface area (Å²) in [6.45, 7) is 1.75. The van der Waals surface area contributed by atoms with E-state index in [1.165, 1.54) is 0 Å². The number of ether oxygens (including phenoxy) is 3. The van der Waals surface area contributed by atoms with E-state index < -0.39 is 5.92 Å². The molecular weight excluding hydrogens is 334 g/mol. The minimum absolute atomic E-state index is 0.0172. The first-order valence-electron chi connectivity index (χ1n) is 9.37. The first-order valence-corrected chi connectivity index (χ1v) is 9.37. The molecular formula is C20H25NO5. The van der Waals surface area contributed by atoms with Crippen LogP contribution in [0.25, 0.3) is 0 Å². The molecule has 140 valence electrons. The van der Waals surface area contributed by atoms with Gasteiger partial charge in [-0.1, -0.05) is 37.3 Å². The smallest absolute Gasteiger partial charge is 0.317 e. The van der Waals surface area contributed by atoms with Gasteiger partial charge in [-0.15, -0.1) is 0 Å². The van der Waals surface area contributed by atoms with Crippen LogP contribution in [0.15, 0.2) is 30.3 Å². The number of fused-ring (bicyclic) bond motifs is 5. The Labute approximate surface area is 153 Å². The zero-order chi connectivity index (χ0) is 18.3. The number of rotatable bonds is 6. The lowest BCUT2D eigenvalue weighted by molar-refractivity contribution is -0.159. The molecule has 26 heavy (non-hydrogen) atoms. The number of epoxide rings is 1. The standard InChI is InChI=1S/C20H25NO5/c1-3-17(22)24-11-14(12-7-5-4-6-8-12)20(23)25-13-9-15-18-19(26-18)16(10-13)21(15)2/h4-8,13-16,18-19H,3,9-11H2,1-2H3/t13?,14?,15-,16+,18-,19-/m0/s1. The number of esters is 2. The predicted molar refractivity (Wildman–Crippen MR) is 93.5 cm³/mol. The van der Waals surface area contributed by atoms with E-state index >= 15 is 0 Å². The zero-order valence-electron chi connectivity index (χ0n) is 15.2. The van der Waals surface area contributed by atoms with Gasteiger partial charge in [0.1, 0.15) is 30.8 Å². The summed E-state index contributed by atoms with van der Waals surface area (Å²) in [6.07, 6.45) is 2.41. The number of nitrogens with zero attached hydrogens (tertiary/aromatic N) is 1. The summed E-state index contributed by atoms with van der Waals surface area (Å²) in [6, 6.07) is 10.1. The molecule has 3 saturated heterocycles. The van der Waals surface area contributed by atoms with E-state index in [1.54, 1.807) is 6.92 Å². The van der Waals surface area contributed by atoms with Crippen molar-refractivity contribution in [3.05, 3.63) is 35.9 Å². The normalized spacial score (nSPS) is 33.2. The van der Waals surface area contributed by atoms with Gasteiger partial charge in [0.25, 0.3) is 0 Å². The number of hydrogen-bond donors (Lipinski definition) is 0. The molecule has 1 aromatic carbocycles. The summed E-state index contributed by atoms with van der Waals surface area (Å²) in [5.41, 5.74) is 0.809. The summed E-state index contributed by atoms with van der Waals surface area (Å²) in [5.74, 6) is -1.22. The minimum Gasteiger partial charge on any atom is -0.464 e. The second kappa shape index (κ2) is 7.00. The van der Waals surface area contributed by atoms with Crippen molar-refractivity contribution in [3.8, 4) is 0 Å². The summed E-state index contributed by atoms with van der Waals surface area (Å²) >= 11 is 0. The van der Waals surface area contributed by atoms with Crippen molar-refractivity contribution in [1.82, 2.24) is 4.90 Å². The largest absolute Gasteiger partial charge is 0.464 e. The third-order valence-corrected chi connectivity index (χ3v) is 5.84. The Morgan fingerprint density at radius 3 is 2.46 bits per heavy atom. The molecule has 0 N–H and O–H groups in total. The van der Waals surface area contributed by atoms with Gasteiger partial charge in [-0.25, -0.2) is 0 Å². The third-order valence-electron chi connectivity index (χ3n) is 5.84. The van der Waals surface area contributed by atoms with Crippen molar-refractivity contribution in [3.63, 3.8) is 0 Å². The van der Waals surface area contributed by atoms with E-state index in [0.29, 0.717) is 24.3 Å². The van der Waals surface area contributed by atoms with Crippen molar-refractivity contribution in [2.75, 3.05) is 13.7 Å². The molecule has 0 aromatic heterocycles. The second-order valence-electron chi connectivity index (χ2n) is 7.40. The average molecular weight is 359 g/mol. The SMILES string of the molecule is CCC(=O)OCC(C(=O)OC1C[C@@H]2[C@@H]3O[C@H]3[C@H](C1)N2C)c1ccccc1. The molecule has 2 unspecified atom stereocenters. The highest BCUT2D eigenvalue weighted by Gasteiger charge is 2.62. The Morgan fingerprint density at radius 2 is 1.85 bits per heavy atom. The molecule has 4 rings (SSSR count). The van der Waals surface area contributed by atoms with Gasteiger partial charge in [-0.2, -0.15) is 0 Å². The van der Waals surface area contributed by atoms with Crippen LogP contribution in [0, 0.1) is 0 Å². The van der Waals surface area contributed by atoms with Gasteiger partial charge in [-0.05, 0) is 12.6 Å². The zero-order valence-corrected chi connectivity index (χ0v) is 15.2. The summed E-state index contributed by atoms with van der Waals surface area (Å²) in [4.78, 5) is 26.8. The fourth-order valence-electron chi connectivity index (χ4n) is 4.31. The van der Waals surface area contributed by atoms with Crippen LogP contribution in [0.1, 0.15) is 37.7 Å². The van der Waals surface area contributed by atoms with Gasteiger partial charge in [0.2, 0.25) is 0 Å². The maximum atomic E-state index is 12.9. The molecule has 3 heterocycles. The Kier molecular flexibility index (Phi) is 4.71. The molecule has 3 aliphatic heterocycles. The number of hydrogen-bond acceptors (Lipinski definition) is 6. The summed E-state index contributed by atoms with van der Waals surface area (Å²) < 4.78 is 16.8. The molecule has 1 aromatic rings. The van der Waals surface area contributed by atoms with Gasteiger partial charge >= 0.3 is 11.9 Å². The molecule has 0 radical (unpaired) electrons. The van der Waals surface area contributed by atoms with Crippen LogP contribution in [-0.2, 0) is 23.8 Å². The quantitative estimate of drug-likeness (QED) is 0.571. The van der Waals surface area contributed by atoms with E-state index in [9.17, 15) is 9.59 Å². The second-order valence-corrected chi connectivity index (χ2v) is 7.40. The molecule has 0 saturated carbocycles. The molecule has 0 amide bonds. The lowest BCUT2D eigenvalue weighted by Crippen LogP contribution is -2.48. The number of carbonyl (C=O) groups excluding carboxylic acids is 2. The summed E-state index contributed by atoms with van der Waals surface area (Å²) in [7, 11) is 2.12. The average Bonchev–Trinajstić information content (AvgIpc) is 3.41. The van der Waals surface area contributed by atoms with E-state index in [4.69, 9.17) is 14.2 Å². The maximum Gasteiger partial charge on any atom is 0.317 e. The molecule has 0 aliphatic carbocycles. The highest BCUT2D eigenvalue weighted by Crippen LogP contribution is 2.48. The van der Waals surface area contributed by atoms with Gasteiger partial charge in [0.15, 0.2) is 0 Å². The lowest BCUT2D eigenvalue weighted by atomic mass is 9.97. The number of likely N-dealkylation sites (N-methyl/N-ethyl adjacent to an activating group) is 1. The van der Waals surface area contributed by atoms with Crippen molar-refractivity contribution in [1.29, 1.82) is 0 Å². The monoisotopic (exact) mass is 359 g/mol. The van der Waals surface area contributed by atoms with Crippen LogP contribution >= 0.6 is 0 Å². The van der Waals surface area contributed by atoms with Gasteiger partial charge in [0.05, 0.1) is 0 Å². The van der Waals surface area contributed by atoms with Crippen LogP contribution < -0.4 is 0 Å². The number of piperidine rings is 1. The van der Waals surface area contributed by atoms with Crippen LogP contribution in [0.3, 0.4) is 0 Å². The van der Waals surface area contributed by atoms with Crippen molar-refractivity contribution < 1.29 is 23.8 Å². The number of carbonyl (C=O) groups is 2. The molecule has 3 aliphatic rings. The maximum absolute atomic E-state index is 12.9. The number of morpholine rings is 1. The van der Waals surface area contributed by atoms with Gasteiger partial charge < -0.3 is 14.2 Å². The lowest BCUT2D eigenvalue weighted by Gasteiger charge is -2.38. The minimum atomic E-state index is -0.588. The van der Waals surface area contributed by atoms with Crippen LogP contribution in [-0.4, -0.2) is 60.9 Å². The molecule has 6 nitrogen and oxygen atoms in total. The van der Waals surface area contributed by atoms with Gasteiger partial charge in [0, 0.05) is 31.3 Å². The summed E-state index contributed by atoms with van der Waals surface area (Å²) in [5, 5.41) is 0. The molecule has 6 atom stereocenters. The molecule has 3 fully saturated rings. The van der Waals surface area contributed by atoms with Crippen molar-refractivity contribution >= 4 is 11.9 Å². The van der Waals surface area contributed by atoms with Crippen molar-refractivity contribution in [2.45, 2.75) is 62.5 Å². The predicted octanol–water partition coefficient (Wildman–Crippen LogP) is 1.88. The van der Waals surface area contributed by atoms with E-state index in [1.807, 2.05) is 30.3 Å². The van der Waals surface area contributed by atoms with Gasteiger partial charge in [-0.3, -0.25) is 14.5 Å².